The minimum Gasteiger partial charge on any atom is -0.427 e. The van der Waals surface area contributed by atoms with Crippen LogP contribution in [0.25, 0.3) is 21.8 Å². The lowest BCUT2D eigenvalue weighted by atomic mass is 10.1. The number of esters is 1. The number of hydrogen-bond donors (Lipinski definition) is 1. The van der Waals surface area contributed by atoms with E-state index in [0.29, 0.717) is 22.0 Å². The van der Waals surface area contributed by atoms with Gasteiger partial charge >= 0.3 is 5.97 Å². The standard InChI is InChI=1S/C24H17ClN2O3S/c1-15(28)30-21-4-2-3-18(13-21)23(29)26-20-11-7-16(8-12-20)22-14-31-24(27-22)17-5-9-19(25)10-6-17/h2-14H,1H3,(H,26,29). The summed E-state index contributed by atoms with van der Waals surface area (Å²) in [4.78, 5) is 28.3. The third kappa shape index (κ3) is 5.17. The monoisotopic (exact) mass is 448 g/mol. The van der Waals surface area contributed by atoms with E-state index in [1.54, 1.807) is 29.5 Å². The molecule has 154 valence electrons. The largest absolute Gasteiger partial charge is 0.427 e. The molecule has 31 heavy (non-hydrogen) atoms. The van der Waals surface area contributed by atoms with Gasteiger partial charge in [0.25, 0.3) is 5.91 Å². The maximum absolute atomic E-state index is 12.5. The second-order valence-electron chi connectivity index (χ2n) is 6.70. The van der Waals surface area contributed by atoms with Gasteiger partial charge in [-0.3, -0.25) is 9.59 Å². The molecule has 0 saturated carbocycles. The molecule has 0 unspecified atom stereocenters. The molecule has 4 aromatic rings. The second kappa shape index (κ2) is 9.12. The summed E-state index contributed by atoms with van der Waals surface area (Å²) in [6, 6.07) is 21.5. The van der Waals surface area contributed by atoms with Crippen LogP contribution < -0.4 is 10.1 Å². The van der Waals surface area contributed by atoms with Crippen LogP contribution in [0, 0.1) is 0 Å². The first kappa shape index (κ1) is 20.8. The molecular weight excluding hydrogens is 432 g/mol. The first-order valence-electron chi connectivity index (χ1n) is 9.40. The predicted octanol–water partition coefficient (Wildman–Crippen LogP) is 6.31. The Morgan fingerprint density at radius 1 is 0.968 bits per heavy atom. The van der Waals surface area contributed by atoms with E-state index in [2.05, 4.69) is 5.32 Å². The maximum atomic E-state index is 12.5. The van der Waals surface area contributed by atoms with E-state index in [9.17, 15) is 9.59 Å². The Morgan fingerprint density at radius 3 is 2.39 bits per heavy atom. The van der Waals surface area contributed by atoms with Crippen molar-refractivity contribution in [3.63, 3.8) is 0 Å². The molecule has 1 N–H and O–H groups in total. The van der Waals surface area contributed by atoms with Crippen LogP contribution in [0.5, 0.6) is 5.75 Å². The fourth-order valence-corrected chi connectivity index (χ4v) is 3.89. The van der Waals surface area contributed by atoms with Crippen LogP contribution in [0.1, 0.15) is 17.3 Å². The average Bonchev–Trinajstić information content (AvgIpc) is 3.25. The third-order valence-corrected chi connectivity index (χ3v) is 5.54. The van der Waals surface area contributed by atoms with Crippen molar-refractivity contribution in [3.8, 4) is 27.6 Å². The predicted molar refractivity (Wildman–Crippen MR) is 124 cm³/mol. The fourth-order valence-electron chi connectivity index (χ4n) is 2.93. The van der Waals surface area contributed by atoms with Gasteiger partial charge in [0.05, 0.1) is 5.69 Å². The maximum Gasteiger partial charge on any atom is 0.308 e. The van der Waals surface area contributed by atoms with Crippen molar-refractivity contribution < 1.29 is 14.3 Å². The highest BCUT2D eigenvalue weighted by molar-refractivity contribution is 7.13. The molecular formula is C24H17ClN2O3S. The zero-order chi connectivity index (χ0) is 21.8. The summed E-state index contributed by atoms with van der Waals surface area (Å²) >= 11 is 7.51. The SMILES string of the molecule is CC(=O)Oc1cccc(C(=O)Nc2ccc(-c3csc(-c4ccc(Cl)cc4)n3)cc2)c1. The number of nitrogens with zero attached hydrogens (tertiary/aromatic N) is 1. The summed E-state index contributed by atoms with van der Waals surface area (Å²) in [6.45, 7) is 1.31. The number of halogens is 1. The van der Waals surface area contributed by atoms with Crippen LogP contribution in [0.2, 0.25) is 5.02 Å². The highest BCUT2D eigenvalue weighted by Crippen LogP contribution is 2.30. The van der Waals surface area contributed by atoms with E-state index in [0.717, 1.165) is 21.8 Å². The first-order chi connectivity index (χ1) is 15.0. The Hall–Kier alpha value is -3.48. The van der Waals surface area contributed by atoms with E-state index in [1.165, 1.54) is 13.0 Å². The number of amides is 1. The first-order valence-corrected chi connectivity index (χ1v) is 10.7. The van der Waals surface area contributed by atoms with Gasteiger partial charge in [-0.25, -0.2) is 4.98 Å². The molecule has 0 aliphatic carbocycles. The van der Waals surface area contributed by atoms with Crippen LogP contribution in [-0.4, -0.2) is 16.9 Å². The molecule has 0 spiro atoms. The van der Waals surface area contributed by atoms with E-state index >= 15 is 0 Å². The van der Waals surface area contributed by atoms with Crippen LogP contribution in [-0.2, 0) is 4.79 Å². The van der Waals surface area contributed by atoms with Gasteiger partial charge in [-0.1, -0.05) is 41.9 Å². The van der Waals surface area contributed by atoms with Crippen LogP contribution in [0.15, 0.2) is 78.2 Å². The molecule has 0 fully saturated rings. The summed E-state index contributed by atoms with van der Waals surface area (Å²) in [5.41, 5.74) is 3.88. The summed E-state index contributed by atoms with van der Waals surface area (Å²) in [7, 11) is 0. The van der Waals surface area contributed by atoms with Crippen molar-refractivity contribution >= 4 is 40.5 Å². The molecule has 0 radical (unpaired) electrons. The number of benzene rings is 3. The molecule has 0 saturated heterocycles. The number of aromatic nitrogens is 1. The Morgan fingerprint density at radius 2 is 1.68 bits per heavy atom. The van der Waals surface area contributed by atoms with Gasteiger partial charge in [-0.2, -0.15) is 0 Å². The molecule has 7 heteroatoms. The zero-order valence-corrected chi connectivity index (χ0v) is 18.0. The lowest BCUT2D eigenvalue weighted by Crippen LogP contribution is -2.12. The van der Waals surface area contributed by atoms with Crippen LogP contribution in [0.3, 0.4) is 0 Å². The van der Waals surface area contributed by atoms with E-state index < -0.39 is 5.97 Å². The number of rotatable bonds is 5. The molecule has 1 amide bonds. The molecule has 4 rings (SSSR count). The van der Waals surface area contributed by atoms with Crippen molar-refractivity contribution in [2.75, 3.05) is 5.32 Å². The van der Waals surface area contributed by atoms with E-state index in [4.69, 9.17) is 21.3 Å². The molecule has 0 aliphatic heterocycles. The molecule has 0 aliphatic rings. The summed E-state index contributed by atoms with van der Waals surface area (Å²) in [5.74, 6) is -0.398. The van der Waals surface area contributed by atoms with Gasteiger partial charge in [0, 0.05) is 39.7 Å². The number of carbonyl (C=O) groups excluding carboxylic acids is 2. The number of anilines is 1. The van der Waals surface area contributed by atoms with Gasteiger partial charge in [-0.15, -0.1) is 11.3 Å². The number of ether oxygens (including phenoxy) is 1. The highest BCUT2D eigenvalue weighted by Gasteiger charge is 2.10. The quantitative estimate of drug-likeness (QED) is 0.287. The van der Waals surface area contributed by atoms with Crippen molar-refractivity contribution in [2.24, 2.45) is 0 Å². The molecule has 3 aromatic carbocycles. The van der Waals surface area contributed by atoms with Crippen LogP contribution in [0.4, 0.5) is 5.69 Å². The van der Waals surface area contributed by atoms with Crippen LogP contribution >= 0.6 is 22.9 Å². The van der Waals surface area contributed by atoms with Gasteiger partial charge < -0.3 is 10.1 Å². The van der Waals surface area contributed by atoms with Gasteiger partial charge in [0.15, 0.2) is 0 Å². The molecule has 1 heterocycles. The van der Waals surface area contributed by atoms with E-state index in [1.807, 2.05) is 53.9 Å². The Bertz CT molecular complexity index is 1230. The molecule has 0 atom stereocenters. The second-order valence-corrected chi connectivity index (χ2v) is 7.99. The minimum absolute atomic E-state index is 0.291. The van der Waals surface area contributed by atoms with Gasteiger partial charge in [0.2, 0.25) is 0 Å². The Balaban J connectivity index is 1.46. The number of nitrogens with one attached hydrogen (secondary N) is 1. The van der Waals surface area contributed by atoms with Gasteiger partial charge in [0.1, 0.15) is 10.8 Å². The summed E-state index contributed by atoms with van der Waals surface area (Å²) in [6.07, 6.45) is 0. The Kier molecular flexibility index (Phi) is 6.11. The minimum atomic E-state index is -0.436. The van der Waals surface area contributed by atoms with Crippen molar-refractivity contribution in [3.05, 3.63) is 88.8 Å². The zero-order valence-electron chi connectivity index (χ0n) is 16.5. The smallest absolute Gasteiger partial charge is 0.308 e. The van der Waals surface area contributed by atoms with Gasteiger partial charge in [-0.05, 0) is 42.5 Å². The van der Waals surface area contributed by atoms with Crippen molar-refractivity contribution in [2.45, 2.75) is 6.92 Å². The lowest BCUT2D eigenvalue weighted by molar-refractivity contribution is -0.131. The molecule has 5 nitrogen and oxygen atoms in total. The van der Waals surface area contributed by atoms with Crippen molar-refractivity contribution in [1.29, 1.82) is 0 Å². The number of carbonyl (C=O) groups is 2. The lowest BCUT2D eigenvalue weighted by Gasteiger charge is -2.07. The number of hydrogen-bond acceptors (Lipinski definition) is 5. The average molecular weight is 449 g/mol. The topological polar surface area (TPSA) is 68.3 Å². The van der Waals surface area contributed by atoms with E-state index in [-0.39, 0.29) is 5.91 Å². The third-order valence-electron chi connectivity index (χ3n) is 4.39. The summed E-state index contributed by atoms with van der Waals surface area (Å²) in [5, 5.41) is 6.45. The normalized spacial score (nSPS) is 10.5. The van der Waals surface area contributed by atoms with Crippen molar-refractivity contribution in [1.82, 2.24) is 4.98 Å². The summed E-state index contributed by atoms with van der Waals surface area (Å²) < 4.78 is 5.03. The number of thiazole rings is 1. The fraction of sp³-hybridized carbons (Fsp3) is 0.0417. The Labute approximate surface area is 188 Å². The molecule has 0 bridgehead atoms. The highest BCUT2D eigenvalue weighted by atomic mass is 35.5. The molecule has 1 aromatic heterocycles.